The summed E-state index contributed by atoms with van der Waals surface area (Å²) in [6.45, 7) is 4.44. The molecule has 0 N–H and O–H groups in total. The molecule has 5 nitrogen and oxygen atoms in total. The van der Waals surface area contributed by atoms with Crippen LogP contribution in [0.5, 0.6) is 0 Å². The van der Waals surface area contributed by atoms with E-state index in [0.29, 0.717) is 19.7 Å². The maximum atomic E-state index is 11.0. The number of carbonyl (C=O) groups excluding carboxylic acids is 1. The average Bonchev–Trinajstić information content (AvgIpc) is 2.80. The Labute approximate surface area is 185 Å². The van der Waals surface area contributed by atoms with Crippen molar-refractivity contribution in [3.8, 4) is 11.1 Å². The Morgan fingerprint density at radius 1 is 0.968 bits per heavy atom. The average molecular weight is 420 g/mol. The lowest BCUT2D eigenvalue weighted by Gasteiger charge is -2.41. The van der Waals surface area contributed by atoms with Gasteiger partial charge in [0.1, 0.15) is 6.10 Å². The minimum absolute atomic E-state index is 0.0378. The lowest BCUT2D eigenvalue weighted by atomic mass is 9.86. The summed E-state index contributed by atoms with van der Waals surface area (Å²) >= 11 is 0. The SMILES string of the molecule is O=CN1CCOC(c2ccc(-c3ccc(CC4CCN(C5CCC5)CC4)nc3)cc2)C1. The van der Waals surface area contributed by atoms with Crippen LogP contribution in [-0.4, -0.2) is 60.0 Å². The van der Waals surface area contributed by atoms with E-state index in [-0.39, 0.29) is 6.10 Å². The van der Waals surface area contributed by atoms with Crippen molar-refractivity contribution in [2.75, 3.05) is 32.8 Å². The van der Waals surface area contributed by atoms with Crippen molar-refractivity contribution in [2.24, 2.45) is 5.92 Å². The van der Waals surface area contributed by atoms with Gasteiger partial charge in [-0.1, -0.05) is 36.8 Å². The maximum absolute atomic E-state index is 11.0. The van der Waals surface area contributed by atoms with Gasteiger partial charge in [-0.2, -0.15) is 0 Å². The van der Waals surface area contributed by atoms with E-state index in [1.165, 1.54) is 56.5 Å². The predicted octanol–water partition coefficient (Wildman–Crippen LogP) is 4.09. The molecule has 2 aliphatic heterocycles. The number of morpholine rings is 1. The highest BCUT2D eigenvalue weighted by Crippen LogP contribution is 2.30. The lowest BCUT2D eigenvalue weighted by Crippen LogP contribution is -2.45. The Morgan fingerprint density at radius 3 is 2.39 bits per heavy atom. The molecule has 3 aliphatic rings. The van der Waals surface area contributed by atoms with Gasteiger partial charge in [0.25, 0.3) is 0 Å². The van der Waals surface area contributed by atoms with Crippen LogP contribution in [0, 0.1) is 5.92 Å². The molecule has 1 aromatic carbocycles. The summed E-state index contributed by atoms with van der Waals surface area (Å²) < 4.78 is 5.84. The first-order valence-corrected chi connectivity index (χ1v) is 11.9. The Morgan fingerprint density at radius 2 is 1.74 bits per heavy atom. The number of hydrogen-bond donors (Lipinski definition) is 0. The molecule has 1 saturated carbocycles. The van der Waals surface area contributed by atoms with Gasteiger partial charge in [0.2, 0.25) is 6.41 Å². The zero-order valence-electron chi connectivity index (χ0n) is 18.3. The third-order valence-corrected chi connectivity index (χ3v) is 7.43. The van der Waals surface area contributed by atoms with E-state index in [1.54, 1.807) is 4.90 Å². The monoisotopic (exact) mass is 419 g/mol. The highest BCUT2D eigenvalue weighted by molar-refractivity contribution is 5.62. The van der Waals surface area contributed by atoms with Crippen molar-refractivity contribution < 1.29 is 9.53 Å². The van der Waals surface area contributed by atoms with Gasteiger partial charge in [-0.15, -0.1) is 0 Å². The fourth-order valence-electron chi connectivity index (χ4n) is 5.14. The first kappa shape index (κ1) is 20.7. The third-order valence-electron chi connectivity index (χ3n) is 7.43. The minimum atomic E-state index is -0.0378. The highest BCUT2D eigenvalue weighted by atomic mass is 16.5. The summed E-state index contributed by atoms with van der Waals surface area (Å²) in [4.78, 5) is 20.3. The molecule has 1 aliphatic carbocycles. The van der Waals surface area contributed by atoms with Crippen LogP contribution in [0.1, 0.15) is 49.5 Å². The molecule has 0 radical (unpaired) electrons. The zero-order chi connectivity index (χ0) is 21.0. The number of likely N-dealkylation sites (tertiary alicyclic amines) is 1. The number of aromatic nitrogens is 1. The molecule has 1 atom stereocenters. The van der Waals surface area contributed by atoms with Gasteiger partial charge in [-0.25, -0.2) is 0 Å². The molecule has 2 saturated heterocycles. The quantitative estimate of drug-likeness (QED) is 0.662. The Kier molecular flexibility index (Phi) is 6.32. The molecule has 0 bridgehead atoms. The molecule has 5 rings (SSSR count). The third kappa shape index (κ3) is 4.83. The molecule has 3 heterocycles. The standard InChI is InChI=1S/C26H33N3O2/c30-19-28-14-15-31-26(18-28)22-6-4-21(5-7-22)23-8-9-24(27-17-23)16-20-10-12-29(13-11-20)25-2-1-3-25/h4-9,17,19-20,25-26H,1-3,10-16,18H2. The van der Waals surface area contributed by atoms with E-state index in [1.807, 2.05) is 6.20 Å². The van der Waals surface area contributed by atoms with Crippen LogP contribution in [0.3, 0.4) is 0 Å². The fraction of sp³-hybridized carbons (Fsp3) is 0.538. The predicted molar refractivity (Wildman–Crippen MR) is 122 cm³/mol. The normalized spacial score (nSPS) is 23.5. The summed E-state index contributed by atoms with van der Waals surface area (Å²) in [5.41, 5.74) is 4.65. The zero-order valence-corrected chi connectivity index (χ0v) is 18.3. The first-order valence-electron chi connectivity index (χ1n) is 11.9. The molecule has 5 heteroatoms. The van der Waals surface area contributed by atoms with Crippen molar-refractivity contribution in [3.05, 3.63) is 53.9 Å². The van der Waals surface area contributed by atoms with Crippen LogP contribution in [0.2, 0.25) is 0 Å². The number of carbonyl (C=O) groups is 1. The molecular weight excluding hydrogens is 386 g/mol. The lowest BCUT2D eigenvalue weighted by molar-refractivity contribution is -0.125. The highest BCUT2D eigenvalue weighted by Gasteiger charge is 2.28. The molecule has 31 heavy (non-hydrogen) atoms. The molecular formula is C26H33N3O2. The van der Waals surface area contributed by atoms with Crippen LogP contribution >= 0.6 is 0 Å². The van der Waals surface area contributed by atoms with Crippen LogP contribution in [0.25, 0.3) is 11.1 Å². The van der Waals surface area contributed by atoms with E-state index in [9.17, 15) is 4.79 Å². The molecule has 2 aromatic rings. The largest absolute Gasteiger partial charge is 0.370 e. The van der Waals surface area contributed by atoms with Crippen molar-refractivity contribution in [1.29, 1.82) is 0 Å². The summed E-state index contributed by atoms with van der Waals surface area (Å²) in [5.74, 6) is 0.774. The van der Waals surface area contributed by atoms with Crippen LogP contribution in [0.15, 0.2) is 42.6 Å². The number of rotatable bonds is 6. The van der Waals surface area contributed by atoms with E-state index in [0.717, 1.165) is 35.9 Å². The van der Waals surface area contributed by atoms with E-state index < -0.39 is 0 Å². The van der Waals surface area contributed by atoms with E-state index >= 15 is 0 Å². The van der Waals surface area contributed by atoms with Crippen LogP contribution in [0.4, 0.5) is 0 Å². The molecule has 3 fully saturated rings. The molecule has 1 unspecified atom stereocenters. The summed E-state index contributed by atoms with van der Waals surface area (Å²) in [5, 5.41) is 0. The van der Waals surface area contributed by atoms with E-state index in [2.05, 4.69) is 41.3 Å². The van der Waals surface area contributed by atoms with Crippen molar-refractivity contribution >= 4 is 6.41 Å². The number of benzene rings is 1. The topological polar surface area (TPSA) is 45.7 Å². The van der Waals surface area contributed by atoms with Gasteiger partial charge in [-0.3, -0.25) is 9.78 Å². The van der Waals surface area contributed by atoms with Crippen molar-refractivity contribution in [1.82, 2.24) is 14.8 Å². The molecule has 0 spiro atoms. The van der Waals surface area contributed by atoms with Gasteiger partial charge < -0.3 is 14.5 Å². The number of hydrogen-bond acceptors (Lipinski definition) is 4. The van der Waals surface area contributed by atoms with Gasteiger partial charge >= 0.3 is 0 Å². The van der Waals surface area contributed by atoms with E-state index in [4.69, 9.17) is 9.72 Å². The fourth-order valence-corrected chi connectivity index (χ4v) is 5.14. The minimum Gasteiger partial charge on any atom is -0.370 e. The number of nitrogens with zero attached hydrogens (tertiary/aromatic N) is 3. The van der Waals surface area contributed by atoms with Crippen LogP contribution < -0.4 is 0 Å². The van der Waals surface area contributed by atoms with Crippen molar-refractivity contribution in [2.45, 2.75) is 50.7 Å². The maximum Gasteiger partial charge on any atom is 0.209 e. The second-order valence-corrected chi connectivity index (χ2v) is 9.39. The summed E-state index contributed by atoms with van der Waals surface area (Å²) in [6, 6.07) is 13.8. The number of amides is 1. The first-order chi connectivity index (χ1) is 15.3. The van der Waals surface area contributed by atoms with Gasteiger partial charge in [0, 0.05) is 30.0 Å². The smallest absolute Gasteiger partial charge is 0.209 e. The second kappa shape index (κ2) is 9.49. The number of pyridine rings is 1. The Bertz CT molecular complexity index is 855. The van der Waals surface area contributed by atoms with Gasteiger partial charge in [-0.05, 0) is 68.3 Å². The Hall–Kier alpha value is -2.24. The summed E-state index contributed by atoms with van der Waals surface area (Å²) in [6.07, 6.45) is 10.9. The van der Waals surface area contributed by atoms with Gasteiger partial charge in [0.15, 0.2) is 0 Å². The molecule has 1 aromatic heterocycles. The van der Waals surface area contributed by atoms with Crippen molar-refractivity contribution in [3.63, 3.8) is 0 Å². The number of ether oxygens (including phenoxy) is 1. The number of piperidine rings is 1. The Balaban J connectivity index is 1.16. The molecule has 164 valence electrons. The van der Waals surface area contributed by atoms with Crippen LogP contribution in [-0.2, 0) is 16.0 Å². The second-order valence-electron chi connectivity index (χ2n) is 9.39. The molecule has 1 amide bonds. The summed E-state index contributed by atoms with van der Waals surface area (Å²) in [7, 11) is 0. The van der Waals surface area contributed by atoms with Gasteiger partial charge in [0.05, 0.1) is 13.2 Å².